The molecule has 0 unspecified atom stereocenters. The predicted molar refractivity (Wildman–Crippen MR) is 121 cm³/mol. The Balaban J connectivity index is 0.000000166. The number of halogens is 1. The highest BCUT2D eigenvalue weighted by Gasteiger charge is 2.21. The lowest BCUT2D eigenvalue weighted by molar-refractivity contribution is -0.129. The quantitative estimate of drug-likeness (QED) is 0.630. The molecule has 0 bridgehead atoms. The molecule has 2 saturated heterocycles. The van der Waals surface area contributed by atoms with Gasteiger partial charge in [-0.3, -0.25) is 9.59 Å². The van der Waals surface area contributed by atoms with Crippen molar-refractivity contribution in [1.29, 1.82) is 0 Å². The van der Waals surface area contributed by atoms with Gasteiger partial charge in [0.25, 0.3) is 0 Å². The molecule has 11 heteroatoms. The van der Waals surface area contributed by atoms with E-state index in [1.54, 1.807) is 36.5 Å². The van der Waals surface area contributed by atoms with Gasteiger partial charge in [0, 0.05) is 77.8 Å². The lowest BCUT2D eigenvalue weighted by atomic mass is 10.3. The highest BCUT2D eigenvalue weighted by atomic mass is 79.9. The predicted octanol–water partition coefficient (Wildman–Crippen LogP) is 2.39. The van der Waals surface area contributed by atoms with Crippen LogP contribution in [0, 0.1) is 0 Å². The zero-order chi connectivity index (χ0) is 20.8. The molecule has 0 radical (unpaired) electrons. The summed E-state index contributed by atoms with van der Waals surface area (Å²) in [7, 11) is 0. The summed E-state index contributed by atoms with van der Waals surface area (Å²) in [6.07, 6.45) is 3.63. The van der Waals surface area contributed by atoms with E-state index >= 15 is 0 Å². The van der Waals surface area contributed by atoms with Crippen LogP contribution in [0.1, 0.15) is 13.8 Å². The topological polar surface area (TPSA) is 72.9 Å². The summed E-state index contributed by atoms with van der Waals surface area (Å²) in [4.78, 5) is 39.0. The Morgan fingerprint density at radius 2 is 1.38 bits per heavy atom. The van der Waals surface area contributed by atoms with Gasteiger partial charge in [0.15, 0.2) is 10.3 Å². The Kier molecular flexibility index (Phi) is 7.84. The summed E-state index contributed by atoms with van der Waals surface area (Å²) in [5.74, 6) is 0.332. The number of nitrogens with zero attached hydrogens (tertiary/aromatic N) is 6. The SMILES string of the molecule is CC(=O)N1CCN(c2ncc(Br)s2)CC1.CC(=O)N1CCN(c2nccs2)CC1. The number of amides is 2. The zero-order valence-corrected chi connectivity index (χ0v) is 19.8. The molecule has 0 atom stereocenters. The van der Waals surface area contributed by atoms with Crippen LogP contribution in [0.3, 0.4) is 0 Å². The van der Waals surface area contributed by atoms with Crippen LogP contribution >= 0.6 is 38.6 Å². The van der Waals surface area contributed by atoms with Crippen molar-refractivity contribution >= 4 is 60.7 Å². The number of carbonyl (C=O) groups is 2. The van der Waals surface area contributed by atoms with Gasteiger partial charge in [0.1, 0.15) is 0 Å². The van der Waals surface area contributed by atoms with Gasteiger partial charge in [-0.25, -0.2) is 9.97 Å². The molecule has 158 valence electrons. The van der Waals surface area contributed by atoms with Crippen molar-refractivity contribution in [2.24, 2.45) is 0 Å². The maximum Gasteiger partial charge on any atom is 0.219 e. The Hall–Kier alpha value is -1.72. The highest BCUT2D eigenvalue weighted by molar-refractivity contribution is 9.11. The third kappa shape index (κ3) is 6.13. The molecule has 0 spiro atoms. The lowest BCUT2D eigenvalue weighted by Crippen LogP contribution is -2.48. The van der Waals surface area contributed by atoms with Crippen LogP contribution in [-0.2, 0) is 9.59 Å². The van der Waals surface area contributed by atoms with Gasteiger partial charge in [0.05, 0.1) is 9.98 Å². The van der Waals surface area contributed by atoms with Crippen molar-refractivity contribution < 1.29 is 9.59 Å². The zero-order valence-electron chi connectivity index (χ0n) is 16.6. The molecule has 29 heavy (non-hydrogen) atoms. The minimum absolute atomic E-state index is 0.162. The molecule has 2 aromatic heterocycles. The van der Waals surface area contributed by atoms with Crippen molar-refractivity contribution in [2.75, 3.05) is 62.2 Å². The van der Waals surface area contributed by atoms with E-state index in [0.717, 1.165) is 66.4 Å². The second-order valence-electron chi connectivity index (χ2n) is 6.75. The van der Waals surface area contributed by atoms with Crippen molar-refractivity contribution in [3.05, 3.63) is 21.6 Å². The Morgan fingerprint density at radius 3 is 1.76 bits per heavy atom. The Bertz CT molecular complexity index is 799. The molecule has 2 aromatic rings. The molecule has 4 rings (SSSR count). The number of hydrogen-bond acceptors (Lipinski definition) is 8. The molecule has 0 aromatic carbocycles. The van der Waals surface area contributed by atoms with Gasteiger partial charge >= 0.3 is 0 Å². The first-order chi connectivity index (χ1) is 13.9. The highest BCUT2D eigenvalue weighted by Crippen LogP contribution is 2.27. The van der Waals surface area contributed by atoms with Crippen LogP contribution in [-0.4, -0.2) is 83.9 Å². The van der Waals surface area contributed by atoms with E-state index < -0.39 is 0 Å². The average Bonchev–Trinajstić information content (AvgIpc) is 3.41. The largest absolute Gasteiger partial charge is 0.345 e. The van der Waals surface area contributed by atoms with Gasteiger partial charge in [-0.2, -0.15) is 0 Å². The number of thiazole rings is 2. The fraction of sp³-hybridized carbons (Fsp3) is 0.556. The molecular formula is C18H25BrN6O2S2. The van der Waals surface area contributed by atoms with Gasteiger partial charge in [-0.1, -0.05) is 11.3 Å². The minimum Gasteiger partial charge on any atom is -0.345 e. The molecule has 2 fully saturated rings. The molecule has 4 heterocycles. The number of aromatic nitrogens is 2. The first-order valence-corrected chi connectivity index (χ1v) is 11.9. The van der Waals surface area contributed by atoms with E-state index in [9.17, 15) is 9.59 Å². The number of rotatable bonds is 2. The van der Waals surface area contributed by atoms with Crippen LogP contribution in [0.5, 0.6) is 0 Å². The van der Waals surface area contributed by atoms with Crippen LogP contribution in [0.4, 0.5) is 10.3 Å². The standard InChI is InChI=1S/C9H12BrN3OS.C9H13N3OS/c1-7(14)12-2-4-13(5-3-12)9-11-6-8(10)15-9;1-8(13)11-3-5-12(6-4-11)9-10-2-7-14-9/h6H,2-5H2,1H3;2,7H,3-6H2,1H3. The van der Waals surface area contributed by atoms with E-state index in [2.05, 4.69) is 35.7 Å². The molecule has 2 amide bonds. The third-order valence-electron chi connectivity index (χ3n) is 4.88. The molecule has 0 saturated carbocycles. The second-order valence-corrected chi connectivity index (χ2v) is 10.0. The van der Waals surface area contributed by atoms with E-state index in [4.69, 9.17) is 0 Å². The molecular weight excluding hydrogens is 476 g/mol. The van der Waals surface area contributed by atoms with Gasteiger partial charge in [0.2, 0.25) is 11.8 Å². The molecule has 0 N–H and O–H groups in total. The van der Waals surface area contributed by atoms with Crippen molar-refractivity contribution in [1.82, 2.24) is 19.8 Å². The van der Waals surface area contributed by atoms with Gasteiger partial charge in [-0.15, -0.1) is 11.3 Å². The fourth-order valence-electron chi connectivity index (χ4n) is 3.19. The molecule has 2 aliphatic rings. The number of carbonyl (C=O) groups excluding carboxylic acids is 2. The van der Waals surface area contributed by atoms with E-state index in [-0.39, 0.29) is 11.8 Å². The Labute approximate surface area is 187 Å². The van der Waals surface area contributed by atoms with Crippen LogP contribution < -0.4 is 9.80 Å². The summed E-state index contributed by atoms with van der Waals surface area (Å²) in [5, 5.41) is 4.07. The second kappa shape index (κ2) is 10.4. The smallest absolute Gasteiger partial charge is 0.219 e. The van der Waals surface area contributed by atoms with E-state index in [1.165, 1.54) is 0 Å². The fourth-order valence-corrected chi connectivity index (χ4v) is 5.12. The monoisotopic (exact) mass is 500 g/mol. The number of hydrogen-bond donors (Lipinski definition) is 0. The maximum atomic E-state index is 11.1. The minimum atomic E-state index is 0.162. The molecule has 2 aliphatic heterocycles. The van der Waals surface area contributed by atoms with Crippen LogP contribution in [0.2, 0.25) is 0 Å². The normalized spacial score (nSPS) is 17.1. The summed E-state index contributed by atoms with van der Waals surface area (Å²) < 4.78 is 1.05. The summed E-state index contributed by atoms with van der Waals surface area (Å²) in [6.45, 7) is 10.0. The van der Waals surface area contributed by atoms with Gasteiger partial charge in [-0.05, 0) is 15.9 Å². The van der Waals surface area contributed by atoms with Crippen molar-refractivity contribution in [2.45, 2.75) is 13.8 Å². The number of anilines is 2. The Morgan fingerprint density at radius 1 is 0.862 bits per heavy atom. The van der Waals surface area contributed by atoms with Crippen molar-refractivity contribution in [3.8, 4) is 0 Å². The summed E-state index contributed by atoms with van der Waals surface area (Å²) in [5.41, 5.74) is 0. The average molecular weight is 501 g/mol. The van der Waals surface area contributed by atoms with E-state index in [1.807, 2.05) is 27.6 Å². The third-order valence-corrected chi connectivity index (χ3v) is 7.24. The lowest BCUT2D eigenvalue weighted by Gasteiger charge is -2.33. The first kappa shape index (κ1) is 22.0. The van der Waals surface area contributed by atoms with E-state index in [0.29, 0.717) is 0 Å². The summed E-state index contributed by atoms with van der Waals surface area (Å²) >= 11 is 6.68. The van der Waals surface area contributed by atoms with Gasteiger partial charge < -0.3 is 19.6 Å². The first-order valence-electron chi connectivity index (χ1n) is 9.46. The summed E-state index contributed by atoms with van der Waals surface area (Å²) in [6, 6.07) is 0. The maximum absolute atomic E-state index is 11.1. The van der Waals surface area contributed by atoms with Crippen LogP contribution in [0.15, 0.2) is 21.6 Å². The molecule has 0 aliphatic carbocycles. The van der Waals surface area contributed by atoms with Crippen LogP contribution in [0.25, 0.3) is 0 Å². The number of piperazine rings is 2. The molecule has 8 nitrogen and oxygen atoms in total. The van der Waals surface area contributed by atoms with Crippen molar-refractivity contribution in [3.63, 3.8) is 0 Å².